The highest BCUT2D eigenvalue weighted by Crippen LogP contribution is 2.13. The first-order valence-electron chi connectivity index (χ1n) is 5.45. The fourth-order valence-corrected chi connectivity index (χ4v) is 1.25. The van der Waals surface area contributed by atoms with E-state index < -0.39 is 6.09 Å². The van der Waals surface area contributed by atoms with Gasteiger partial charge >= 0.3 is 6.09 Å². The van der Waals surface area contributed by atoms with Gasteiger partial charge in [-0.3, -0.25) is 5.32 Å². The largest absolute Gasteiger partial charge is 0.453 e. The van der Waals surface area contributed by atoms with E-state index in [0.29, 0.717) is 0 Å². The number of benzene rings is 1. The average Bonchev–Trinajstić information content (AvgIpc) is 2.31. The van der Waals surface area contributed by atoms with E-state index >= 15 is 0 Å². The summed E-state index contributed by atoms with van der Waals surface area (Å²) < 4.78 is 4.50. The van der Waals surface area contributed by atoms with Gasteiger partial charge in [0.15, 0.2) is 0 Å². The molecule has 1 aromatic carbocycles. The maximum absolute atomic E-state index is 10.9. The highest BCUT2D eigenvalue weighted by Gasteiger charge is 1.99. The number of carbonyl (C=O) groups excluding carboxylic acids is 1. The first-order valence-corrected chi connectivity index (χ1v) is 5.45. The number of unbranched alkanes of at least 4 members (excludes halogenated alkanes) is 1. The second-order valence-corrected chi connectivity index (χ2v) is 3.47. The van der Waals surface area contributed by atoms with Gasteiger partial charge in [-0.25, -0.2) is 4.79 Å². The Hall–Kier alpha value is -1.71. The molecule has 1 amide bonds. The molecule has 0 saturated carbocycles. The molecule has 0 spiro atoms. The number of anilines is 2. The van der Waals surface area contributed by atoms with E-state index in [1.807, 2.05) is 24.3 Å². The Morgan fingerprint density at radius 2 is 1.88 bits per heavy atom. The number of hydrogen-bond donors (Lipinski definition) is 2. The van der Waals surface area contributed by atoms with Crippen LogP contribution in [0.4, 0.5) is 16.2 Å². The van der Waals surface area contributed by atoms with Gasteiger partial charge in [0, 0.05) is 17.9 Å². The van der Waals surface area contributed by atoms with Gasteiger partial charge in [0.05, 0.1) is 7.11 Å². The third kappa shape index (κ3) is 4.21. The lowest BCUT2D eigenvalue weighted by Crippen LogP contribution is -2.10. The van der Waals surface area contributed by atoms with Gasteiger partial charge in [-0.2, -0.15) is 0 Å². The van der Waals surface area contributed by atoms with Crippen LogP contribution in [-0.2, 0) is 4.74 Å². The van der Waals surface area contributed by atoms with Crippen molar-refractivity contribution in [3.63, 3.8) is 0 Å². The summed E-state index contributed by atoms with van der Waals surface area (Å²) in [6, 6.07) is 7.54. The molecule has 4 heteroatoms. The summed E-state index contributed by atoms with van der Waals surface area (Å²) in [6.07, 6.45) is 1.88. The van der Waals surface area contributed by atoms with Crippen LogP contribution in [0.1, 0.15) is 19.8 Å². The van der Waals surface area contributed by atoms with Crippen LogP contribution < -0.4 is 10.6 Å². The van der Waals surface area contributed by atoms with E-state index in [1.54, 1.807) is 0 Å². The number of rotatable bonds is 5. The zero-order valence-corrected chi connectivity index (χ0v) is 9.75. The maximum Gasteiger partial charge on any atom is 0.411 e. The van der Waals surface area contributed by atoms with E-state index in [2.05, 4.69) is 22.3 Å². The molecule has 0 aliphatic carbocycles. The molecule has 0 saturated heterocycles. The Morgan fingerprint density at radius 3 is 2.44 bits per heavy atom. The smallest absolute Gasteiger partial charge is 0.411 e. The van der Waals surface area contributed by atoms with Gasteiger partial charge in [-0.1, -0.05) is 13.3 Å². The SMILES string of the molecule is CCCCNc1ccc(NC(=O)OC)cc1. The molecule has 0 radical (unpaired) electrons. The zero-order valence-electron chi connectivity index (χ0n) is 9.75. The maximum atomic E-state index is 10.9. The fourth-order valence-electron chi connectivity index (χ4n) is 1.25. The van der Waals surface area contributed by atoms with E-state index in [9.17, 15) is 4.79 Å². The third-order valence-corrected chi connectivity index (χ3v) is 2.18. The minimum absolute atomic E-state index is 0.452. The molecule has 1 aromatic rings. The highest BCUT2D eigenvalue weighted by atomic mass is 16.5. The number of methoxy groups -OCH3 is 1. The molecule has 0 unspecified atom stereocenters. The summed E-state index contributed by atoms with van der Waals surface area (Å²) in [6.45, 7) is 3.13. The van der Waals surface area contributed by atoms with Gasteiger partial charge in [0.2, 0.25) is 0 Å². The van der Waals surface area contributed by atoms with Crippen LogP contribution in [0.15, 0.2) is 24.3 Å². The van der Waals surface area contributed by atoms with Crippen LogP contribution in [0, 0.1) is 0 Å². The molecule has 0 aliphatic rings. The summed E-state index contributed by atoms with van der Waals surface area (Å²) in [5.74, 6) is 0. The number of nitrogens with one attached hydrogen (secondary N) is 2. The van der Waals surface area contributed by atoms with Crippen molar-refractivity contribution >= 4 is 17.5 Å². The minimum Gasteiger partial charge on any atom is -0.453 e. The Labute approximate surface area is 96.0 Å². The van der Waals surface area contributed by atoms with Gasteiger partial charge in [0.1, 0.15) is 0 Å². The fraction of sp³-hybridized carbons (Fsp3) is 0.417. The quantitative estimate of drug-likeness (QED) is 0.753. The molecule has 0 heterocycles. The van der Waals surface area contributed by atoms with Crippen molar-refractivity contribution in [3.8, 4) is 0 Å². The predicted molar refractivity (Wildman–Crippen MR) is 65.9 cm³/mol. The first-order chi connectivity index (χ1) is 7.76. The van der Waals surface area contributed by atoms with E-state index in [1.165, 1.54) is 13.5 Å². The number of carbonyl (C=O) groups is 1. The van der Waals surface area contributed by atoms with Crippen molar-refractivity contribution in [1.29, 1.82) is 0 Å². The monoisotopic (exact) mass is 222 g/mol. The second kappa shape index (κ2) is 6.71. The molecule has 0 atom stereocenters. The molecule has 0 aromatic heterocycles. The van der Waals surface area contributed by atoms with Crippen molar-refractivity contribution < 1.29 is 9.53 Å². The second-order valence-electron chi connectivity index (χ2n) is 3.47. The average molecular weight is 222 g/mol. The van der Waals surface area contributed by atoms with Crippen LogP contribution in [0.3, 0.4) is 0 Å². The van der Waals surface area contributed by atoms with E-state index in [4.69, 9.17) is 0 Å². The molecule has 4 nitrogen and oxygen atoms in total. The lowest BCUT2D eigenvalue weighted by molar-refractivity contribution is 0.187. The van der Waals surface area contributed by atoms with Crippen molar-refractivity contribution in [1.82, 2.24) is 0 Å². The number of amides is 1. The lowest BCUT2D eigenvalue weighted by atomic mass is 10.2. The van der Waals surface area contributed by atoms with Crippen LogP contribution in [0.5, 0.6) is 0 Å². The normalized spacial score (nSPS) is 9.62. The Bertz CT molecular complexity index is 322. The summed E-state index contributed by atoms with van der Waals surface area (Å²) in [7, 11) is 1.34. The molecule has 16 heavy (non-hydrogen) atoms. The Morgan fingerprint density at radius 1 is 1.25 bits per heavy atom. The van der Waals surface area contributed by atoms with Crippen LogP contribution in [-0.4, -0.2) is 19.7 Å². The Kier molecular flexibility index (Phi) is 5.19. The first kappa shape index (κ1) is 12.4. The molecule has 0 bridgehead atoms. The van der Waals surface area contributed by atoms with Crippen molar-refractivity contribution in [2.45, 2.75) is 19.8 Å². The van der Waals surface area contributed by atoms with Crippen LogP contribution in [0.25, 0.3) is 0 Å². The van der Waals surface area contributed by atoms with Crippen LogP contribution in [0.2, 0.25) is 0 Å². The van der Waals surface area contributed by atoms with Gasteiger partial charge < -0.3 is 10.1 Å². The topological polar surface area (TPSA) is 50.4 Å². The predicted octanol–water partition coefficient (Wildman–Crippen LogP) is 3.08. The number of ether oxygens (including phenoxy) is 1. The molecule has 88 valence electrons. The molecule has 0 fully saturated rings. The summed E-state index contributed by atoms with van der Waals surface area (Å²) in [4.78, 5) is 10.9. The standard InChI is InChI=1S/C12H18N2O2/c1-3-4-9-13-10-5-7-11(8-6-10)14-12(15)16-2/h5-8,13H,3-4,9H2,1-2H3,(H,14,15). The molecular formula is C12H18N2O2. The summed E-state index contributed by atoms with van der Waals surface area (Å²) in [5, 5.41) is 5.89. The van der Waals surface area contributed by atoms with Gasteiger partial charge in [0.25, 0.3) is 0 Å². The Balaban J connectivity index is 2.44. The summed E-state index contributed by atoms with van der Waals surface area (Å²) >= 11 is 0. The van der Waals surface area contributed by atoms with Crippen molar-refractivity contribution in [2.75, 3.05) is 24.3 Å². The third-order valence-electron chi connectivity index (χ3n) is 2.18. The van der Waals surface area contributed by atoms with E-state index in [0.717, 1.165) is 24.3 Å². The van der Waals surface area contributed by atoms with Crippen molar-refractivity contribution in [2.24, 2.45) is 0 Å². The zero-order chi connectivity index (χ0) is 11.8. The molecule has 1 rings (SSSR count). The lowest BCUT2D eigenvalue weighted by Gasteiger charge is -2.07. The summed E-state index contributed by atoms with van der Waals surface area (Å²) in [5.41, 5.74) is 1.79. The molecular weight excluding hydrogens is 204 g/mol. The molecule has 0 aliphatic heterocycles. The van der Waals surface area contributed by atoms with Crippen LogP contribution >= 0.6 is 0 Å². The number of hydrogen-bond acceptors (Lipinski definition) is 3. The van der Waals surface area contributed by atoms with E-state index in [-0.39, 0.29) is 0 Å². The minimum atomic E-state index is -0.452. The molecule has 2 N–H and O–H groups in total. The van der Waals surface area contributed by atoms with Gasteiger partial charge in [-0.15, -0.1) is 0 Å². The van der Waals surface area contributed by atoms with Gasteiger partial charge in [-0.05, 0) is 30.7 Å². The highest BCUT2D eigenvalue weighted by molar-refractivity contribution is 5.84. The van der Waals surface area contributed by atoms with Crippen molar-refractivity contribution in [3.05, 3.63) is 24.3 Å².